The van der Waals surface area contributed by atoms with Crippen LogP contribution in [0.5, 0.6) is 0 Å². The van der Waals surface area contributed by atoms with Gasteiger partial charge in [0.05, 0.1) is 12.6 Å². The summed E-state index contributed by atoms with van der Waals surface area (Å²) in [7, 11) is 1.47. The maximum atomic E-state index is 12.6. The van der Waals surface area contributed by atoms with Crippen molar-refractivity contribution in [2.45, 2.75) is 44.9 Å². The molecular formula is C28H37N5O5. The second-order valence-electron chi connectivity index (χ2n) is 9.08. The molecule has 2 aromatic carbocycles. The topological polar surface area (TPSA) is 153 Å². The number of nitrogens with two attached hydrogens (primary N) is 1. The molecule has 3 rings (SSSR count). The lowest BCUT2D eigenvalue weighted by molar-refractivity contribution is -0.240. The number of carbonyl (C=O) groups excluding carboxylic acids is 1. The van der Waals surface area contributed by atoms with Gasteiger partial charge >= 0.3 is 0 Å². The van der Waals surface area contributed by atoms with E-state index in [4.69, 9.17) is 15.2 Å². The Labute approximate surface area is 223 Å². The van der Waals surface area contributed by atoms with E-state index in [9.17, 15) is 20.3 Å². The van der Waals surface area contributed by atoms with E-state index in [1.54, 1.807) is 6.08 Å². The molecule has 2 unspecified atom stereocenters. The van der Waals surface area contributed by atoms with Gasteiger partial charge in [0.2, 0.25) is 0 Å². The smallest absolute Gasteiger partial charge is 0.262 e. The molecule has 6 N–H and O–H groups in total. The van der Waals surface area contributed by atoms with Crippen molar-refractivity contribution in [3.63, 3.8) is 0 Å². The standard InChI is InChI=1S/C28H37N5O5/c1-4-33(5-2)23-9-8-19-10-18(6-7-20(19)12-23)11-21(14-29)28(36)32-16-22(30)15-31-17-25-27(35)24(34)13-26(37-3)38-25/h6-12,15,24-27,31,34-35H,4-5,13,16-17,30H2,1-3H3,(H,32,36)/b21-11+,22-15-/t24?,25?,26-,27-/m0/s1. The molecule has 0 spiro atoms. The van der Waals surface area contributed by atoms with Gasteiger partial charge in [-0.1, -0.05) is 18.2 Å². The molecule has 0 aliphatic carbocycles. The summed E-state index contributed by atoms with van der Waals surface area (Å²) in [6.07, 6.45) is -0.111. The van der Waals surface area contributed by atoms with Gasteiger partial charge in [-0.2, -0.15) is 5.26 Å². The number of aliphatic hydroxyl groups excluding tert-OH is 2. The Balaban J connectivity index is 1.57. The fraction of sp³-hybridized carbons (Fsp3) is 0.429. The first kappa shape index (κ1) is 28.9. The number of hydrogen-bond donors (Lipinski definition) is 5. The van der Waals surface area contributed by atoms with Crippen LogP contribution in [0.1, 0.15) is 25.8 Å². The van der Waals surface area contributed by atoms with Crippen LogP contribution in [-0.4, -0.2) is 74.0 Å². The molecule has 1 aliphatic rings. The molecule has 4 atom stereocenters. The van der Waals surface area contributed by atoms with Crippen molar-refractivity contribution < 1.29 is 24.5 Å². The minimum absolute atomic E-state index is 0.00804. The highest BCUT2D eigenvalue weighted by Crippen LogP contribution is 2.24. The van der Waals surface area contributed by atoms with Gasteiger partial charge in [0, 0.05) is 50.7 Å². The van der Waals surface area contributed by atoms with E-state index >= 15 is 0 Å². The molecule has 1 amide bonds. The Bertz CT molecular complexity index is 1200. The first-order chi connectivity index (χ1) is 18.3. The quantitative estimate of drug-likeness (QED) is 0.218. The highest BCUT2D eigenvalue weighted by molar-refractivity contribution is 6.02. The maximum absolute atomic E-state index is 12.6. The Morgan fingerprint density at radius 1 is 1.24 bits per heavy atom. The lowest BCUT2D eigenvalue weighted by Gasteiger charge is -2.36. The third kappa shape index (κ3) is 7.46. The van der Waals surface area contributed by atoms with Crippen molar-refractivity contribution in [2.24, 2.45) is 5.73 Å². The highest BCUT2D eigenvalue weighted by atomic mass is 16.7. The molecule has 1 aliphatic heterocycles. The molecule has 1 saturated heterocycles. The second-order valence-corrected chi connectivity index (χ2v) is 9.08. The van der Waals surface area contributed by atoms with Gasteiger partial charge in [-0.05, 0) is 54.5 Å². The van der Waals surface area contributed by atoms with Gasteiger partial charge in [0.1, 0.15) is 23.9 Å². The van der Waals surface area contributed by atoms with E-state index in [-0.39, 0.29) is 25.1 Å². The Kier molecular flexibility index (Phi) is 10.5. The number of fused-ring (bicyclic) bond motifs is 1. The number of aliphatic hydroxyl groups is 2. The predicted molar refractivity (Wildman–Crippen MR) is 147 cm³/mol. The number of nitrogens with one attached hydrogen (secondary N) is 2. The number of nitrogens with zero attached hydrogens (tertiary/aromatic N) is 2. The fourth-order valence-electron chi connectivity index (χ4n) is 4.31. The molecule has 0 bridgehead atoms. The largest absolute Gasteiger partial charge is 0.399 e. The van der Waals surface area contributed by atoms with Crippen molar-refractivity contribution in [2.75, 3.05) is 38.2 Å². The summed E-state index contributed by atoms with van der Waals surface area (Å²) in [5.74, 6) is -0.544. The Morgan fingerprint density at radius 2 is 1.95 bits per heavy atom. The van der Waals surface area contributed by atoms with Crippen LogP contribution in [0.4, 0.5) is 5.69 Å². The van der Waals surface area contributed by atoms with Crippen molar-refractivity contribution in [3.8, 4) is 6.07 Å². The molecule has 1 heterocycles. The number of ether oxygens (including phenoxy) is 2. The third-order valence-electron chi connectivity index (χ3n) is 6.51. The van der Waals surface area contributed by atoms with Crippen LogP contribution in [-0.2, 0) is 14.3 Å². The first-order valence-corrected chi connectivity index (χ1v) is 12.7. The lowest BCUT2D eigenvalue weighted by atomic mass is 10.0. The van der Waals surface area contributed by atoms with Crippen LogP contribution in [0.25, 0.3) is 16.8 Å². The summed E-state index contributed by atoms with van der Waals surface area (Å²) in [6.45, 7) is 6.28. The second kappa shape index (κ2) is 13.8. The molecule has 2 aromatic rings. The summed E-state index contributed by atoms with van der Waals surface area (Å²) in [4.78, 5) is 14.9. The average molecular weight is 524 g/mol. The van der Waals surface area contributed by atoms with E-state index in [1.807, 2.05) is 30.3 Å². The van der Waals surface area contributed by atoms with Crippen LogP contribution in [0.15, 0.2) is 53.9 Å². The summed E-state index contributed by atoms with van der Waals surface area (Å²) >= 11 is 0. The highest BCUT2D eigenvalue weighted by Gasteiger charge is 2.36. The van der Waals surface area contributed by atoms with Gasteiger partial charge in [-0.3, -0.25) is 4.79 Å². The van der Waals surface area contributed by atoms with Crippen LogP contribution in [0.3, 0.4) is 0 Å². The summed E-state index contributed by atoms with van der Waals surface area (Å²) in [6, 6.07) is 14.0. The molecule has 10 heteroatoms. The minimum Gasteiger partial charge on any atom is -0.399 e. The van der Waals surface area contributed by atoms with Crippen molar-refractivity contribution in [1.29, 1.82) is 5.26 Å². The zero-order chi connectivity index (χ0) is 27.7. The first-order valence-electron chi connectivity index (χ1n) is 12.7. The van der Waals surface area contributed by atoms with E-state index < -0.39 is 30.5 Å². The van der Waals surface area contributed by atoms with Crippen molar-refractivity contribution in [3.05, 3.63) is 59.4 Å². The lowest BCUT2D eigenvalue weighted by Crippen LogP contribution is -2.52. The SMILES string of the molecule is CCN(CC)c1ccc2cc(/C=C(\C#N)C(=O)NC/C(N)=C/NCC3O[C@H](OC)CC(O)[C@@H]3O)ccc2c1. The third-order valence-corrected chi connectivity index (χ3v) is 6.51. The van der Waals surface area contributed by atoms with Gasteiger partial charge in [0.25, 0.3) is 5.91 Å². The van der Waals surface area contributed by atoms with Crippen molar-refractivity contribution >= 4 is 28.4 Å². The predicted octanol–water partition coefficient (Wildman–Crippen LogP) is 1.58. The monoisotopic (exact) mass is 523 g/mol. The number of nitriles is 1. The molecule has 204 valence electrons. The van der Waals surface area contributed by atoms with Crippen LogP contribution in [0, 0.1) is 11.3 Å². The minimum atomic E-state index is -1.06. The summed E-state index contributed by atoms with van der Waals surface area (Å²) < 4.78 is 10.7. The van der Waals surface area contributed by atoms with Crippen LogP contribution >= 0.6 is 0 Å². The number of benzene rings is 2. The molecule has 0 aromatic heterocycles. The van der Waals surface area contributed by atoms with Gasteiger partial charge < -0.3 is 41.0 Å². The maximum Gasteiger partial charge on any atom is 0.262 e. The number of rotatable bonds is 11. The van der Waals surface area contributed by atoms with E-state index in [0.29, 0.717) is 5.70 Å². The molecule has 0 radical (unpaired) electrons. The van der Waals surface area contributed by atoms with E-state index in [2.05, 4.69) is 41.5 Å². The molecule has 0 saturated carbocycles. The number of hydrogen-bond acceptors (Lipinski definition) is 9. The normalized spacial score (nSPS) is 22.1. The van der Waals surface area contributed by atoms with Crippen LogP contribution < -0.4 is 21.3 Å². The van der Waals surface area contributed by atoms with E-state index in [1.165, 1.54) is 13.3 Å². The van der Waals surface area contributed by atoms with Crippen LogP contribution in [0.2, 0.25) is 0 Å². The Hall–Kier alpha value is -3.62. The molecule has 38 heavy (non-hydrogen) atoms. The summed E-state index contributed by atoms with van der Waals surface area (Å²) in [5.41, 5.74) is 8.13. The number of amides is 1. The van der Waals surface area contributed by atoms with Gasteiger partial charge in [-0.25, -0.2) is 0 Å². The number of methoxy groups -OCH3 is 1. The molecule has 10 nitrogen and oxygen atoms in total. The van der Waals surface area contributed by atoms with Crippen molar-refractivity contribution in [1.82, 2.24) is 10.6 Å². The zero-order valence-corrected chi connectivity index (χ0v) is 22.1. The van der Waals surface area contributed by atoms with Gasteiger partial charge in [0.15, 0.2) is 6.29 Å². The Morgan fingerprint density at radius 3 is 2.63 bits per heavy atom. The van der Waals surface area contributed by atoms with Gasteiger partial charge in [-0.15, -0.1) is 0 Å². The summed E-state index contributed by atoms with van der Waals surface area (Å²) in [5, 5.41) is 37.2. The molecular weight excluding hydrogens is 486 g/mol. The fourth-order valence-corrected chi connectivity index (χ4v) is 4.31. The number of anilines is 1. The zero-order valence-electron chi connectivity index (χ0n) is 22.1. The number of carbonyl (C=O) groups is 1. The molecule has 1 fully saturated rings. The van der Waals surface area contributed by atoms with E-state index in [0.717, 1.165) is 35.1 Å². The average Bonchev–Trinajstić information content (AvgIpc) is 2.93.